The molecule has 0 unspecified atom stereocenters. The van der Waals surface area contributed by atoms with Crippen LogP contribution >= 0.6 is 11.8 Å². The smallest absolute Gasteiger partial charge is 0.338 e. The van der Waals surface area contributed by atoms with Crippen LogP contribution in [0.25, 0.3) is 0 Å². The molecule has 1 N–H and O–H groups in total. The molecule has 8 heteroatoms. The Morgan fingerprint density at radius 1 is 1.32 bits per heavy atom. The lowest BCUT2D eigenvalue weighted by Crippen LogP contribution is -2.29. The average Bonchev–Trinajstić information content (AvgIpc) is 3.10. The zero-order valence-electron chi connectivity index (χ0n) is 13.7. The number of thioether (sulfide) groups is 1. The van der Waals surface area contributed by atoms with Gasteiger partial charge in [-0.1, -0.05) is 18.7 Å². The molecule has 7 nitrogen and oxygen atoms in total. The Kier molecular flexibility index (Phi) is 5.18. The molecule has 130 valence electrons. The largest absolute Gasteiger partial charge is 0.462 e. The van der Waals surface area contributed by atoms with Gasteiger partial charge in [0.15, 0.2) is 5.16 Å². The van der Waals surface area contributed by atoms with E-state index in [1.165, 1.54) is 22.5 Å². The van der Waals surface area contributed by atoms with Gasteiger partial charge >= 0.3 is 5.97 Å². The molecule has 2 heterocycles. The van der Waals surface area contributed by atoms with Gasteiger partial charge < -0.3 is 10.1 Å². The summed E-state index contributed by atoms with van der Waals surface area (Å²) in [6.07, 6.45) is 2.06. The van der Waals surface area contributed by atoms with Crippen LogP contribution < -0.4 is 10.9 Å². The summed E-state index contributed by atoms with van der Waals surface area (Å²) in [5, 5.41) is 3.28. The number of amides is 1. The Balaban J connectivity index is 1.71. The van der Waals surface area contributed by atoms with Gasteiger partial charge in [0, 0.05) is 24.2 Å². The molecule has 0 atom stereocenters. The van der Waals surface area contributed by atoms with Gasteiger partial charge in [0.05, 0.1) is 12.2 Å². The van der Waals surface area contributed by atoms with Crippen molar-refractivity contribution in [1.29, 1.82) is 0 Å². The third-order valence-electron chi connectivity index (χ3n) is 3.62. The summed E-state index contributed by atoms with van der Waals surface area (Å²) in [6, 6.07) is 6.32. The molecule has 1 aromatic heterocycles. The van der Waals surface area contributed by atoms with Crippen LogP contribution in [0.5, 0.6) is 0 Å². The fraction of sp³-hybridized carbons (Fsp3) is 0.294. The van der Waals surface area contributed by atoms with Crippen LogP contribution in [0.4, 0.5) is 5.69 Å². The number of esters is 1. The van der Waals surface area contributed by atoms with E-state index in [0.29, 0.717) is 29.6 Å². The van der Waals surface area contributed by atoms with Crippen LogP contribution in [-0.4, -0.2) is 33.8 Å². The number of fused-ring (bicyclic) bond motifs is 1. The van der Waals surface area contributed by atoms with Crippen molar-refractivity contribution in [3.05, 3.63) is 51.9 Å². The Morgan fingerprint density at radius 3 is 2.80 bits per heavy atom. The molecule has 1 aromatic carbocycles. The van der Waals surface area contributed by atoms with Crippen molar-refractivity contribution >= 4 is 29.3 Å². The number of carbonyl (C=O) groups is 2. The molecular weight excluding hydrogens is 342 g/mol. The van der Waals surface area contributed by atoms with Crippen LogP contribution in [0.1, 0.15) is 34.1 Å². The second-order valence-electron chi connectivity index (χ2n) is 5.43. The molecule has 3 rings (SSSR count). The number of anilines is 1. The second-order valence-corrected chi connectivity index (χ2v) is 6.49. The van der Waals surface area contributed by atoms with E-state index >= 15 is 0 Å². The number of benzene rings is 1. The van der Waals surface area contributed by atoms with Crippen LogP contribution in [0.15, 0.2) is 40.4 Å². The number of carbonyl (C=O) groups excluding carboxylic acids is 2. The first kappa shape index (κ1) is 17.2. The molecule has 25 heavy (non-hydrogen) atoms. The molecule has 0 radical (unpaired) electrons. The van der Waals surface area contributed by atoms with Crippen LogP contribution in [-0.2, 0) is 11.3 Å². The molecular formula is C17H17N3O4S. The van der Waals surface area contributed by atoms with Gasteiger partial charge in [-0.3, -0.25) is 14.2 Å². The third kappa shape index (κ3) is 3.74. The monoisotopic (exact) mass is 359 g/mol. The van der Waals surface area contributed by atoms with Gasteiger partial charge in [-0.25, -0.2) is 9.78 Å². The summed E-state index contributed by atoms with van der Waals surface area (Å²) >= 11 is 1.49. The van der Waals surface area contributed by atoms with Gasteiger partial charge in [0.1, 0.15) is 5.56 Å². The Labute approximate surface area is 148 Å². The number of aromatic nitrogens is 2. The zero-order chi connectivity index (χ0) is 17.8. The Morgan fingerprint density at radius 2 is 2.08 bits per heavy atom. The van der Waals surface area contributed by atoms with E-state index in [0.717, 1.165) is 12.2 Å². The summed E-state index contributed by atoms with van der Waals surface area (Å²) < 4.78 is 6.55. The number of ether oxygens (including phenoxy) is 1. The summed E-state index contributed by atoms with van der Waals surface area (Å²) in [5.74, 6) is -0.146. The lowest BCUT2D eigenvalue weighted by molar-refractivity contribution is 0.0505. The van der Waals surface area contributed by atoms with Crippen molar-refractivity contribution in [2.24, 2.45) is 0 Å². The molecule has 0 saturated heterocycles. The molecule has 0 aliphatic carbocycles. The number of nitrogens with one attached hydrogen (secondary N) is 1. The maximum absolute atomic E-state index is 12.3. The molecule has 0 bridgehead atoms. The van der Waals surface area contributed by atoms with E-state index in [9.17, 15) is 14.4 Å². The minimum atomic E-state index is -0.522. The molecule has 0 saturated carbocycles. The van der Waals surface area contributed by atoms with Crippen LogP contribution in [0, 0.1) is 0 Å². The predicted molar refractivity (Wildman–Crippen MR) is 94.2 cm³/mol. The van der Waals surface area contributed by atoms with Crippen molar-refractivity contribution in [2.45, 2.75) is 25.0 Å². The number of hydrogen-bond acceptors (Lipinski definition) is 6. The first-order chi connectivity index (χ1) is 12.1. The van der Waals surface area contributed by atoms with Crippen molar-refractivity contribution in [3.63, 3.8) is 0 Å². The van der Waals surface area contributed by atoms with Gasteiger partial charge in [-0.05, 0) is 30.7 Å². The first-order valence-corrected chi connectivity index (χ1v) is 8.90. The van der Waals surface area contributed by atoms with E-state index < -0.39 is 11.9 Å². The fourth-order valence-corrected chi connectivity index (χ4v) is 3.25. The topological polar surface area (TPSA) is 90.3 Å². The maximum Gasteiger partial charge on any atom is 0.338 e. The SMILES string of the molecule is CCCOC(=O)c1ccc(NC(=O)c2cnc3n(c2=O)CCS3)cc1. The molecule has 1 aliphatic heterocycles. The Bertz CT molecular complexity index is 861. The second kappa shape index (κ2) is 7.52. The minimum Gasteiger partial charge on any atom is -0.462 e. The van der Waals surface area contributed by atoms with E-state index in [1.807, 2.05) is 6.92 Å². The number of hydrogen-bond donors (Lipinski definition) is 1. The molecule has 1 aliphatic rings. The van der Waals surface area contributed by atoms with Crippen molar-refractivity contribution in [2.75, 3.05) is 17.7 Å². The highest BCUT2D eigenvalue weighted by Gasteiger charge is 2.20. The van der Waals surface area contributed by atoms with E-state index in [1.54, 1.807) is 24.3 Å². The molecule has 0 fully saturated rings. The quantitative estimate of drug-likeness (QED) is 0.650. The van der Waals surface area contributed by atoms with Gasteiger partial charge in [-0.15, -0.1) is 0 Å². The lowest BCUT2D eigenvalue weighted by Gasteiger charge is -2.08. The van der Waals surface area contributed by atoms with Gasteiger partial charge in [-0.2, -0.15) is 0 Å². The van der Waals surface area contributed by atoms with Gasteiger partial charge in [0.2, 0.25) is 0 Å². The highest BCUT2D eigenvalue weighted by molar-refractivity contribution is 7.99. The summed E-state index contributed by atoms with van der Waals surface area (Å²) in [4.78, 5) is 40.6. The van der Waals surface area contributed by atoms with E-state index in [2.05, 4.69) is 10.3 Å². The van der Waals surface area contributed by atoms with Gasteiger partial charge in [0.25, 0.3) is 11.5 Å². The van der Waals surface area contributed by atoms with Crippen LogP contribution in [0.2, 0.25) is 0 Å². The van der Waals surface area contributed by atoms with E-state index in [4.69, 9.17) is 4.74 Å². The molecule has 2 aromatic rings. The van der Waals surface area contributed by atoms with Crippen molar-refractivity contribution in [3.8, 4) is 0 Å². The molecule has 1 amide bonds. The maximum atomic E-state index is 12.3. The van der Waals surface area contributed by atoms with Crippen molar-refractivity contribution < 1.29 is 14.3 Å². The zero-order valence-corrected chi connectivity index (χ0v) is 14.5. The standard InChI is InChI=1S/C17H17N3O4S/c1-2-8-24-16(23)11-3-5-12(6-4-11)19-14(21)13-10-18-17-20(15(13)22)7-9-25-17/h3-6,10H,2,7-9H2,1H3,(H,19,21). The summed E-state index contributed by atoms with van der Waals surface area (Å²) in [5.41, 5.74) is 0.545. The van der Waals surface area contributed by atoms with Crippen LogP contribution in [0.3, 0.4) is 0 Å². The van der Waals surface area contributed by atoms with Crippen molar-refractivity contribution in [1.82, 2.24) is 9.55 Å². The number of nitrogens with zero attached hydrogens (tertiary/aromatic N) is 2. The third-order valence-corrected chi connectivity index (χ3v) is 4.59. The normalized spacial score (nSPS) is 12.5. The Hall–Kier alpha value is -2.61. The molecule has 0 spiro atoms. The van der Waals surface area contributed by atoms with E-state index in [-0.39, 0.29) is 11.1 Å². The minimum absolute atomic E-state index is 0.00215. The summed E-state index contributed by atoms with van der Waals surface area (Å²) in [6.45, 7) is 2.84. The first-order valence-electron chi connectivity index (χ1n) is 7.91. The fourth-order valence-electron chi connectivity index (χ4n) is 2.34. The number of rotatable bonds is 5. The average molecular weight is 359 g/mol. The highest BCUT2D eigenvalue weighted by Crippen LogP contribution is 2.20. The highest BCUT2D eigenvalue weighted by atomic mass is 32.2. The summed E-state index contributed by atoms with van der Waals surface area (Å²) in [7, 11) is 0. The lowest BCUT2D eigenvalue weighted by atomic mass is 10.2. The predicted octanol–water partition coefficient (Wildman–Crippen LogP) is 2.17.